The van der Waals surface area contributed by atoms with Crippen LogP contribution < -0.4 is 5.32 Å². The SMILES string of the molecule is O=C(NCCOCC(F)(F)F)c1ccccn1. The number of nitrogens with zero attached hydrogens (tertiary/aromatic N) is 1. The molecule has 0 unspecified atom stereocenters. The van der Waals surface area contributed by atoms with E-state index in [1.165, 1.54) is 12.3 Å². The van der Waals surface area contributed by atoms with Gasteiger partial charge in [-0.3, -0.25) is 9.78 Å². The Hall–Kier alpha value is -1.63. The summed E-state index contributed by atoms with van der Waals surface area (Å²) in [5.41, 5.74) is 0.211. The molecule has 1 amide bonds. The monoisotopic (exact) mass is 248 g/mol. The Bertz CT molecular complexity index is 354. The van der Waals surface area contributed by atoms with Gasteiger partial charge in [0.15, 0.2) is 0 Å². The Balaban J connectivity index is 2.18. The van der Waals surface area contributed by atoms with Gasteiger partial charge >= 0.3 is 6.18 Å². The molecule has 0 aliphatic rings. The molecule has 1 heterocycles. The first-order valence-corrected chi connectivity index (χ1v) is 4.83. The van der Waals surface area contributed by atoms with Crippen molar-refractivity contribution in [2.45, 2.75) is 6.18 Å². The van der Waals surface area contributed by atoms with Crippen LogP contribution in [0.5, 0.6) is 0 Å². The van der Waals surface area contributed by atoms with Gasteiger partial charge in [0.05, 0.1) is 6.61 Å². The summed E-state index contributed by atoms with van der Waals surface area (Å²) in [5.74, 6) is -0.443. The van der Waals surface area contributed by atoms with Crippen LogP contribution in [0.4, 0.5) is 13.2 Å². The lowest BCUT2D eigenvalue weighted by molar-refractivity contribution is -0.173. The van der Waals surface area contributed by atoms with E-state index < -0.39 is 18.7 Å². The van der Waals surface area contributed by atoms with Gasteiger partial charge in [0.2, 0.25) is 0 Å². The number of rotatable bonds is 5. The highest BCUT2D eigenvalue weighted by Gasteiger charge is 2.27. The number of carbonyl (C=O) groups excluding carboxylic acids is 1. The quantitative estimate of drug-likeness (QED) is 0.801. The minimum atomic E-state index is -4.34. The number of hydrogen-bond acceptors (Lipinski definition) is 3. The van der Waals surface area contributed by atoms with Crippen molar-refractivity contribution in [1.29, 1.82) is 0 Å². The molecule has 7 heteroatoms. The average Bonchev–Trinajstić information content (AvgIpc) is 2.28. The molecule has 0 radical (unpaired) electrons. The first-order valence-electron chi connectivity index (χ1n) is 4.83. The predicted molar refractivity (Wildman–Crippen MR) is 53.4 cm³/mol. The van der Waals surface area contributed by atoms with Crippen molar-refractivity contribution in [3.63, 3.8) is 0 Å². The van der Waals surface area contributed by atoms with Crippen LogP contribution in [-0.4, -0.2) is 36.8 Å². The summed E-state index contributed by atoms with van der Waals surface area (Å²) in [6.45, 7) is -1.50. The lowest BCUT2D eigenvalue weighted by Crippen LogP contribution is -2.29. The Morgan fingerprint density at radius 1 is 1.41 bits per heavy atom. The highest BCUT2D eigenvalue weighted by Crippen LogP contribution is 2.13. The average molecular weight is 248 g/mol. The molecule has 94 valence electrons. The van der Waals surface area contributed by atoms with Gasteiger partial charge in [0.25, 0.3) is 5.91 Å². The summed E-state index contributed by atoms with van der Waals surface area (Å²) in [7, 11) is 0. The summed E-state index contributed by atoms with van der Waals surface area (Å²) in [4.78, 5) is 15.1. The molecular weight excluding hydrogens is 237 g/mol. The number of halogens is 3. The van der Waals surface area contributed by atoms with Crippen LogP contribution in [0, 0.1) is 0 Å². The second kappa shape index (κ2) is 6.19. The molecule has 1 N–H and O–H groups in total. The molecular formula is C10H11F3N2O2. The van der Waals surface area contributed by atoms with E-state index in [9.17, 15) is 18.0 Å². The van der Waals surface area contributed by atoms with Crippen LogP contribution >= 0.6 is 0 Å². The summed E-state index contributed by atoms with van der Waals surface area (Å²) in [6.07, 6.45) is -2.89. The Labute approximate surface area is 95.8 Å². The van der Waals surface area contributed by atoms with Crippen LogP contribution in [0.1, 0.15) is 10.5 Å². The van der Waals surface area contributed by atoms with Crippen molar-refractivity contribution in [2.24, 2.45) is 0 Å². The number of alkyl halides is 3. The number of hydrogen-bond donors (Lipinski definition) is 1. The van der Waals surface area contributed by atoms with Crippen LogP contribution in [0.2, 0.25) is 0 Å². The van der Waals surface area contributed by atoms with Gasteiger partial charge in [-0.25, -0.2) is 0 Å². The number of carbonyl (C=O) groups is 1. The van der Waals surface area contributed by atoms with Gasteiger partial charge in [-0.2, -0.15) is 13.2 Å². The van der Waals surface area contributed by atoms with Crippen molar-refractivity contribution in [3.8, 4) is 0 Å². The zero-order valence-electron chi connectivity index (χ0n) is 8.83. The van der Waals surface area contributed by atoms with E-state index in [4.69, 9.17) is 0 Å². The molecule has 0 atom stereocenters. The normalized spacial score (nSPS) is 11.2. The van der Waals surface area contributed by atoms with Crippen molar-refractivity contribution in [2.75, 3.05) is 19.8 Å². The van der Waals surface area contributed by atoms with Gasteiger partial charge in [0.1, 0.15) is 12.3 Å². The fourth-order valence-electron chi connectivity index (χ4n) is 1.01. The lowest BCUT2D eigenvalue weighted by atomic mass is 10.3. The molecule has 0 aliphatic heterocycles. The van der Waals surface area contributed by atoms with E-state index in [0.29, 0.717) is 0 Å². The smallest absolute Gasteiger partial charge is 0.370 e. The van der Waals surface area contributed by atoms with Crippen molar-refractivity contribution in [1.82, 2.24) is 10.3 Å². The van der Waals surface area contributed by atoms with E-state index in [1.807, 2.05) is 0 Å². The number of aromatic nitrogens is 1. The third-order valence-electron chi connectivity index (χ3n) is 1.70. The van der Waals surface area contributed by atoms with E-state index >= 15 is 0 Å². The Morgan fingerprint density at radius 2 is 2.18 bits per heavy atom. The largest absolute Gasteiger partial charge is 0.411 e. The van der Waals surface area contributed by atoms with E-state index in [0.717, 1.165) is 0 Å². The van der Waals surface area contributed by atoms with Gasteiger partial charge in [-0.15, -0.1) is 0 Å². The first kappa shape index (κ1) is 13.4. The summed E-state index contributed by atoms with van der Waals surface area (Å²) in [6, 6.07) is 4.80. The first-order chi connectivity index (χ1) is 7.99. The number of ether oxygens (including phenoxy) is 1. The molecule has 0 saturated heterocycles. The summed E-state index contributed by atoms with van der Waals surface area (Å²) >= 11 is 0. The molecule has 1 rings (SSSR count). The second-order valence-corrected chi connectivity index (χ2v) is 3.14. The molecule has 1 aromatic heterocycles. The second-order valence-electron chi connectivity index (χ2n) is 3.14. The topological polar surface area (TPSA) is 51.2 Å². The minimum Gasteiger partial charge on any atom is -0.370 e. The summed E-state index contributed by atoms with van der Waals surface area (Å²) < 4.78 is 39.4. The zero-order chi connectivity index (χ0) is 12.7. The van der Waals surface area contributed by atoms with Crippen molar-refractivity contribution >= 4 is 5.91 Å². The van der Waals surface area contributed by atoms with Crippen LogP contribution in [0.3, 0.4) is 0 Å². The number of pyridine rings is 1. The van der Waals surface area contributed by atoms with Crippen LogP contribution in [0.25, 0.3) is 0 Å². The fourth-order valence-corrected chi connectivity index (χ4v) is 1.01. The van der Waals surface area contributed by atoms with Gasteiger partial charge in [-0.05, 0) is 12.1 Å². The maximum absolute atomic E-state index is 11.7. The molecule has 0 saturated carbocycles. The van der Waals surface area contributed by atoms with Crippen LogP contribution in [0.15, 0.2) is 24.4 Å². The van der Waals surface area contributed by atoms with E-state index in [2.05, 4.69) is 15.0 Å². The molecule has 0 aromatic carbocycles. The standard InChI is InChI=1S/C10H11F3N2O2/c11-10(12,13)7-17-6-5-15-9(16)8-3-1-2-4-14-8/h1-4H,5-7H2,(H,15,16). The summed E-state index contributed by atoms with van der Waals surface area (Å²) in [5, 5.41) is 2.39. The van der Waals surface area contributed by atoms with E-state index in [1.54, 1.807) is 12.1 Å². The molecule has 17 heavy (non-hydrogen) atoms. The zero-order valence-corrected chi connectivity index (χ0v) is 8.83. The van der Waals surface area contributed by atoms with Crippen molar-refractivity contribution in [3.05, 3.63) is 30.1 Å². The third kappa shape index (κ3) is 5.86. The Kier molecular flexibility index (Phi) is 4.89. The Morgan fingerprint density at radius 3 is 2.76 bits per heavy atom. The predicted octanol–water partition coefficient (Wildman–Crippen LogP) is 1.39. The highest BCUT2D eigenvalue weighted by atomic mass is 19.4. The van der Waals surface area contributed by atoms with Crippen molar-refractivity contribution < 1.29 is 22.7 Å². The molecule has 0 bridgehead atoms. The van der Waals surface area contributed by atoms with E-state index in [-0.39, 0.29) is 18.8 Å². The van der Waals surface area contributed by atoms with Gasteiger partial charge in [-0.1, -0.05) is 6.07 Å². The fraction of sp³-hybridized carbons (Fsp3) is 0.400. The minimum absolute atomic E-state index is 0.00544. The van der Waals surface area contributed by atoms with Crippen LogP contribution in [-0.2, 0) is 4.74 Å². The lowest BCUT2D eigenvalue weighted by Gasteiger charge is -2.08. The number of amides is 1. The van der Waals surface area contributed by atoms with Gasteiger partial charge < -0.3 is 10.1 Å². The third-order valence-corrected chi connectivity index (χ3v) is 1.70. The molecule has 0 fully saturated rings. The maximum Gasteiger partial charge on any atom is 0.411 e. The molecule has 0 spiro atoms. The molecule has 1 aromatic rings. The molecule has 0 aliphatic carbocycles. The van der Waals surface area contributed by atoms with Gasteiger partial charge in [0, 0.05) is 12.7 Å². The number of nitrogens with one attached hydrogen (secondary N) is 1. The highest BCUT2D eigenvalue weighted by molar-refractivity contribution is 5.92. The molecule has 4 nitrogen and oxygen atoms in total. The maximum atomic E-state index is 11.7.